The normalized spacial score (nSPS) is 22.7. The van der Waals surface area contributed by atoms with E-state index >= 15 is 0 Å². The molecule has 6 heteroatoms. The topological polar surface area (TPSA) is 62.7 Å². The van der Waals surface area contributed by atoms with Gasteiger partial charge in [0.2, 0.25) is 5.91 Å². The van der Waals surface area contributed by atoms with E-state index < -0.39 is 0 Å². The molecule has 0 bridgehead atoms. The molecule has 1 aromatic heterocycles. The van der Waals surface area contributed by atoms with Crippen LogP contribution in [0, 0.1) is 18.3 Å². The van der Waals surface area contributed by atoms with Crippen molar-refractivity contribution in [1.82, 2.24) is 14.8 Å². The molecule has 2 saturated heterocycles. The second-order valence-electron chi connectivity index (χ2n) is 7.23. The van der Waals surface area contributed by atoms with Gasteiger partial charge in [0.05, 0.1) is 12.5 Å². The van der Waals surface area contributed by atoms with Gasteiger partial charge in [0, 0.05) is 44.9 Å². The van der Waals surface area contributed by atoms with Gasteiger partial charge in [-0.15, -0.1) is 0 Å². The standard InChI is InChI=1S/C19H27N3O3/c1-4-21-13-19(15(12-25-3)17(21)23)6-9-22(10-7-19)18(24)16-11-14(2)5-8-20-16/h5,8,11,15H,4,6-7,9-10,12-13H2,1-3H3. The number of pyridine rings is 1. The van der Waals surface area contributed by atoms with Crippen molar-refractivity contribution in [3.05, 3.63) is 29.6 Å². The molecule has 2 amide bonds. The van der Waals surface area contributed by atoms with Gasteiger partial charge in [-0.3, -0.25) is 14.6 Å². The van der Waals surface area contributed by atoms with Crippen molar-refractivity contribution in [3.63, 3.8) is 0 Å². The number of amides is 2. The van der Waals surface area contributed by atoms with Crippen LogP contribution >= 0.6 is 0 Å². The lowest BCUT2D eigenvalue weighted by Crippen LogP contribution is -2.47. The highest BCUT2D eigenvalue weighted by Crippen LogP contribution is 2.45. The van der Waals surface area contributed by atoms with Gasteiger partial charge in [-0.1, -0.05) is 0 Å². The summed E-state index contributed by atoms with van der Waals surface area (Å²) < 4.78 is 5.34. The van der Waals surface area contributed by atoms with E-state index in [4.69, 9.17) is 4.74 Å². The van der Waals surface area contributed by atoms with Crippen molar-refractivity contribution in [2.75, 3.05) is 39.9 Å². The van der Waals surface area contributed by atoms with E-state index in [2.05, 4.69) is 4.98 Å². The first-order valence-electron chi connectivity index (χ1n) is 9.00. The van der Waals surface area contributed by atoms with Crippen LogP contribution in [0.15, 0.2) is 18.3 Å². The molecule has 0 aromatic carbocycles. The lowest BCUT2D eigenvalue weighted by atomic mass is 9.71. The van der Waals surface area contributed by atoms with E-state index in [-0.39, 0.29) is 23.1 Å². The zero-order chi connectivity index (χ0) is 18.0. The Bertz CT molecular complexity index is 653. The summed E-state index contributed by atoms with van der Waals surface area (Å²) in [6, 6.07) is 3.72. The number of carbonyl (C=O) groups is 2. The number of ether oxygens (including phenoxy) is 1. The first kappa shape index (κ1) is 17.9. The van der Waals surface area contributed by atoms with Crippen molar-refractivity contribution in [2.24, 2.45) is 11.3 Å². The summed E-state index contributed by atoms with van der Waals surface area (Å²) in [6.45, 7) is 7.28. The van der Waals surface area contributed by atoms with Gasteiger partial charge in [0.25, 0.3) is 5.91 Å². The fourth-order valence-corrected chi connectivity index (χ4v) is 4.21. The molecule has 136 valence electrons. The van der Waals surface area contributed by atoms with Gasteiger partial charge in [-0.05, 0) is 44.4 Å². The zero-order valence-electron chi connectivity index (χ0n) is 15.3. The van der Waals surface area contributed by atoms with Crippen LogP contribution in [-0.4, -0.2) is 66.5 Å². The number of likely N-dealkylation sites (tertiary alicyclic amines) is 2. The SMILES string of the molecule is CCN1CC2(CCN(C(=O)c3cc(C)ccn3)CC2)C(COC)C1=O. The number of piperidine rings is 1. The third-order valence-electron chi connectivity index (χ3n) is 5.75. The first-order chi connectivity index (χ1) is 12.0. The Labute approximate surface area is 149 Å². The van der Waals surface area contributed by atoms with Crippen LogP contribution in [0.25, 0.3) is 0 Å². The molecule has 0 radical (unpaired) electrons. The fraction of sp³-hybridized carbons (Fsp3) is 0.632. The Balaban J connectivity index is 1.72. The number of aromatic nitrogens is 1. The third kappa shape index (κ3) is 3.27. The molecule has 2 aliphatic rings. The zero-order valence-corrected chi connectivity index (χ0v) is 15.3. The number of nitrogens with zero attached hydrogens (tertiary/aromatic N) is 3. The van der Waals surface area contributed by atoms with Crippen molar-refractivity contribution < 1.29 is 14.3 Å². The maximum Gasteiger partial charge on any atom is 0.272 e. The number of hydrogen-bond donors (Lipinski definition) is 0. The van der Waals surface area contributed by atoms with Crippen molar-refractivity contribution in [1.29, 1.82) is 0 Å². The minimum absolute atomic E-state index is 0.0153. The number of aryl methyl sites for hydroxylation is 1. The number of hydrogen-bond acceptors (Lipinski definition) is 4. The lowest BCUT2D eigenvalue weighted by molar-refractivity contribution is -0.133. The molecular weight excluding hydrogens is 318 g/mol. The average molecular weight is 345 g/mol. The summed E-state index contributed by atoms with van der Waals surface area (Å²) in [5.41, 5.74) is 1.47. The highest BCUT2D eigenvalue weighted by molar-refractivity contribution is 5.92. The molecule has 1 aromatic rings. The lowest BCUT2D eigenvalue weighted by Gasteiger charge is -2.41. The third-order valence-corrected chi connectivity index (χ3v) is 5.75. The monoisotopic (exact) mass is 345 g/mol. The van der Waals surface area contributed by atoms with Gasteiger partial charge in [0.15, 0.2) is 0 Å². The maximum atomic E-state index is 12.7. The quantitative estimate of drug-likeness (QED) is 0.834. The van der Waals surface area contributed by atoms with Gasteiger partial charge in [-0.2, -0.15) is 0 Å². The van der Waals surface area contributed by atoms with Crippen LogP contribution in [0.4, 0.5) is 0 Å². The first-order valence-corrected chi connectivity index (χ1v) is 9.00. The van der Waals surface area contributed by atoms with Crippen LogP contribution in [0.2, 0.25) is 0 Å². The summed E-state index contributed by atoms with van der Waals surface area (Å²) in [5.74, 6) is 0.0924. The fourth-order valence-electron chi connectivity index (χ4n) is 4.21. The Hall–Kier alpha value is -1.95. The van der Waals surface area contributed by atoms with E-state index in [0.29, 0.717) is 25.4 Å². The van der Waals surface area contributed by atoms with Crippen molar-refractivity contribution in [2.45, 2.75) is 26.7 Å². The molecule has 2 fully saturated rings. The summed E-state index contributed by atoms with van der Waals surface area (Å²) >= 11 is 0. The molecule has 6 nitrogen and oxygen atoms in total. The van der Waals surface area contributed by atoms with Gasteiger partial charge < -0.3 is 14.5 Å². The predicted octanol–water partition coefficient (Wildman–Crippen LogP) is 1.74. The Morgan fingerprint density at radius 2 is 2.12 bits per heavy atom. The summed E-state index contributed by atoms with van der Waals surface area (Å²) in [5, 5.41) is 0. The van der Waals surface area contributed by atoms with E-state index in [9.17, 15) is 9.59 Å². The molecule has 1 unspecified atom stereocenters. The van der Waals surface area contributed by atoms with E-state index in [0.717, 1.165) is 31.5 Å². The number of methoxy groups -OCH3 is 1. The summed E-state index contributed by atoms with van der Waals surface area (Å²) in [6.07, 6.45) is 3.35. The van der Waals surface area contributed by atoms with Crippen LogP contribution in [0.5, 0.6) is 0 Å². The molecule has 3 rings (SSSR count). The molecule has 2 aliphatic heterocycles. The van der Waals surface area contributed by atoms with E-state index in [1.165, 1.54) is 0 Å². The smallest absolute Gasteiger partial charge is 0.272 e. The van der Waals surface area contributed by atoms with Gasteiger partial charge in [0.1, 0.15) is 5.69 Å². The second kappa shape index (κ2) is 7.12. The molecule has 1 atom stereocenters. The summed E-state index contributed by atoms with van der Waals surface area (Å²) in [7, 11) is 1.65. The maximum absolute atomic E-state index is 12.7. The Morgan fingerprint density at radius 1 is 1.40 bits per heavy atom. The Morgan fingerprint density at radius 3 is 2.72 bits per heavy atom. The highest BCUT2D eigenvalue weighted by Gasteiger charge is 2.52. The number of carbonyl (C=O) groups excluding carboxylic acids is 2. The highest BCUT2D eigenvalue weighted by atomic mass is 16.5. The molecule has 0 saturated carbocycles. The minimum atomic E-state index is -0.0909. The molecule has 3 heterocycles. The van der Waals surface area contributed by atoms with Gasteiger partial charge >= 0.3 is 0 Å². The van der Waals surface area contributed by atoms with Crippen molar-refractivity contribution in [3.8, 4) is 0 Å². The van der Waals surface area contributed by atoms with Crippen LogP contribution in [0.3, 0.4) is 0 Å². The molecule has 0 N–H and O–H groups in total. The minimum Gasteiger partial charge on any atom is -0.384 e. The Kier molecular flexibility index (Phi) is 5.08. The summed E-state index contributed by atoms with van der Waals surface area (Å²) in [4.78, 5) is 33.4. The average Bonchev–Trinajstić information content (AvgIpc) is 2.88. The van der Waals surface area contributed by atoms with Crippen LogP contribution < -0.4 is 0 Å². The second-order valence-corrected chi connectivity index (χ2v) is 7.23. The van der Waals surface area contributed by atoms with E-state index in [1.807, 2.05) is 35.8 Å². The molecule has 25 heavy (non-hydrogen) atoms. The van der Waals surface area contributed by atoms with Crippen molar-refractivity contribution >= 4 is 11.8 Å². The largest absolute Gasteiger partial charge is 0.384 e. The van der Waals surface area contributed by atoms with Gasteiger partial charge in [-0.25, -0.2) is 0 Å². The number of rotatable bonds is 4. The molecular formula is C19H27N3O3. The molecule has 1 spiro atoms. The van der Waals surface area contributed by atoms with E-state index in [1.54, 1.807) is 13.3 Å². The van der Waals surface area contributed by atoms with Crippen LogP contribution in [-0.2, 0) is 9.53 Å². The predicted molar refractivity (Wildman–Crippen MR) is 94.2 cm³/mol. The molecule has 0 aliphatic carbocycles. The van der Waals surface area contributed by atoms with Crippen LogP contribution in [0.1, 0.15) is 35.8 Å².